The van der Waals surface area contributed by atoms with Crippen molar-refractivity contribution in [1.82, 2.24) is 19.5 Å². The van der Waals surface area contributed by atoms with Crippen molar-refractivity contribution in [3.63, 3.8) is 0 Å². The molecule has 0 fully saturated rings. The molecule has 0 saturated heterocycles. The molecule has 0 aliphatic heterocycles. The van der Waals surface area contributed by atoms with Crippen molar-refractivity contribution in [2.75, 3.05) is 0 Å². The Labute approximate surface area is 245 Å². The summed E-state index contributed by atoms with van der Waals surface area (Å²) in [6.07, 6.45) is 1.94. The van der Waals surface area contributed by atoms with E-state index in [0.717, 1.165) is 33.9 Å². The summed E-state index contributed by atoms with van der Waals surface area (Å²) in [6.45, 7) is 4.64. The van der Waals surface area contributed by atoms with Crippen LogP contribution < -0.4 is 0 Å². The summed E-state index contributed by atoms with van der Waals surface area (Å²) in [5, 5.41) is 1.26. The number of para-hydroxylation sites is 1. The van der Waals surface area contributed by atoms with Crippen LogP contribution in [0.25, 0.3) is 61.8 Å². The van der Waals surface area contributed by atoms with E-state index in [1.54, 1.807) is 0 Å². The van der Waals surface area contributed by atoms with Gasteiger partial charge in [0.2, 0.25) is 0 Å². The van der Waals surface area contributed by atoms with Crippen LogP contribution in [0.3, 0.4) is 0 Å². The molecule has 0 radical (unpaired) electrons. The molecule has 7 aromatic rings. The van der Waals surface area contributed by atoms with E-state index in [2.05, 4.69) is 97.3 Å². The second-order valence-electron chi connectivity index (χ2n) is 11.3. The van der Waals surface area contributed by atoms with Crippen LogP contribution >= 0.6 is 0 Å². The number of fused-ring (bicyclic) bond motifs is 5. The maximum absolute atomic E-state index is 5.06. The highest BCUT2D eigenvalue weighted by Gasteiger charge is 2.40. The molecule has 4 heteroatoms. The van der Waals surface area contributed by atoms with Crippen LogP contribution in [0.15, 0.2) is 134 Å². The van der Waals surface area contributed by atoms with Gasteiger partial charge in [-0.1, -0.05) is 117 Å². The fourth-order valence-electron chi connectivity index (χ4n) is 6.45. The number of hydrogen-bond acceptors (Lipinski definition) is 3. The monoisotopic (exact) mass is 540 g/mol. The first-order valence-electron chi connectivity index (χ1n) is 14.3. The van der Waals surface area contributed by atoms with Crippen molar-refractivity contribution < 1.29 is 0 Å². The minimum Gasteiger partial charge on any atom is -0.297 e. The molecular weight excluding hydrogens is 512 g/mol. The second kappa shape index (κ2) is 9.35. The minimum atomic E-state index is -0.160. The smallest absolute Gasteiger partial charge is 0.160 e. The summed E-state index contributed by atoms with van der Waals surface area (Å²) >= 11 is 0. The van der Waals surface area contributed by atoms with Gasteiger partial charge in [-0.25, -0.2) is 15.0 Å². The largest absolute Gasteiger partial charge is 0.297 e. The molecule has 3 aromatic heterocycles. The van der Waals surface area contributed by atoms with Crippen LogP contribution in [-0.4, -0.2) is 19.5 Å². The van der Waals surface area contributed by atoms with Gasteiger partial charge in [0.1, 0.15) is 5.82 Å². The molecule has 4 aromatic carbocycles. The zero-order valence-electron chi connectivity index (χ0n) is 23.5. The highest BCUT2D eigenvalue weighted by Crippen LogP contribution is 2.53. The normalized spacial score (nSPS) is 13.2. The minimum absolute atomic E-state index is 0.160. The number of benzene rings is 4. The van der Waals surface area contributed by atoms with Crippen LogP contribution in [-0.2, 0) is 5.41 Å². The van der Waals surface area contributed by atoms with E-state index in [9.17, 15) is 0 Å². The quantitative estimate of drug-likeness (QED) is 0.224. The number of rotatable bonds is 4. The summed E-state index contributed by atoms with van der Waals surface area (Å²) in [4.78, 5) is 15.0. The van der Waals surface area contributed by atoms with Crippen molar-refractivity contribution in [3.8, 4) is 50.8 Å². The molecule has 3 heterocycles. The molecule has 0 saturated carbocycles. The van der Waals surface area contributed by atoms with Crippen molar-refractivity contribution in [3.05, 3.63) is 145 Å². The number of aromatic nitrogens is 4. The van der Waals surface area contributed by atoms with Crippen molar-refractivity contribution >= 4 is 10.9 Å². The SMILES string of the molecule is CC1(C)c2ccccc2-c2c1n(-c1ccc(-c3cc(-c4ccccc4)nc(-c4ccccc4)n3)cn1)c1ccccc21. The van der Waals surface area contributed by atoms with Gasteiger partial charge in [-0.3, -0.25) is 4.57 Å². The van der Waals surface area contributed by atoms with Crippen LogP contribution in [0.5, 0.6) is 0 Å². The molecule has 42 heavy (non-hydrogen) atoms. The predicted molar refractivity (Wildman–Crippen MR) is 171 cm³/mol. The molecule has 0 amide bonds. The lowest BCUT2D eigenvalue weighted by molar-refractivity contribution is 0.621. The first-order valence-corrected chi connectivity index (χ1v) is 14.3. The van der Waals surface area contributed by atoms with Crippen LogP contribution in [0, 0.1) is 0 Å². The predicted octanol–water partition coefficient (Wildman–Crippen LogP) is 9.12. The Bertz CT molecular complexity index is 2030. The highest BCUT2D eigenvalue weighted by molar-refractivity contribution is 6.03. The van der Waals surface area contributed by atoms with Crippen molar-refractivity contribution in [1.29, 1.82) is 0 Å². The van der Waals surface area contributed by atoms with Gasteiger partial charge in [-0.2, -0.15) is 0 Å². The Morgan fingerprint density at radius 2 is 1.24 bits per heavy atom. The van der Waals surface area contributed by atoms with Crippen LogP contribution in [0.1, 0.15) is 25.1 Å². The molecule has 0 spiro atoms. The van der Waals surface area contributed by atoms with E-state index in [-0.39, 0.29) is 5.41 Å². The zero-order valence-corrected chi connectivity index (χ0v) is 23.5. The molecule has 0 unspecified atom stereocenters. The Morgan fingerprint density at radius 1 is 0.595 bits per heavy atom. The topological polar surface area (TPSA) is 43.6 Å². The summed E-state index contributed by atoms with van der Waals surface area (Å²) < 4.78 is 2.35. The third-order valence-electron chi connectivity index (χ3n) is 8.44. The molecule has 1 aliphatic rings. The number of pyridine rings is 1. The molecular formula is C38H28N4. The average Bonchev–Trinajstić information content (AvgIpc) is 3.52. The van der Waals surface area contributed by atoms with Gasteiger partial charge in [0.25, 0.3) is 0 Å². The number of hydrogen-bond donors (Lipinski definition) is 0. The Hall–Kier alpha value is -5.35. The fraction of sp³-hybridized carbons (Fsp3) is 0.0789. The molecule has 200 valence electrons. The molecule has 1 aliphatic carbocycles. The molecule has 0 atom stereocenters. The lowest BCUT2D eigenvalue weighted by atomic mass is 9.85. The third kappa shape index (κ3) is 3.72. The van der Waals surface area contributed by atoms with Gasteiger partial charge < -0.3 is 0 Å². The van der Waals surface area contributed by atoms with E-state index >= 15 is 0 Å². The summed E-state index contributed by atoms with van der Waals surface area (Å²) in [7, 11) is 0. The van der Waals surface area contributed by atoms with Gasteiger partial charge in [0.05, 0.1) is 16.9 Å². The van der Waals surface area contributed by atoms with Gasteiger partial charge in [-0.15, -0.1) is 0 Å². The van der Waals surface area contributed by atoms with Gasteiger partial charge >= 0.3 is 0 Å². The van der Waals surface area contributed by atoms with E-state index in [4.69, 9.17) is 15.0 Å². The van der Waals surface area contributed by atoms with E-state index < -0.39 is 0 Å². The summed E-state index contributed by atoms with van der Waals surface area (Å²) in [5.74, 6) is 1.60. The number of nitrogens with zero attached hydrogens (tertiary/aromatic N) is 4. The first-order chi connectivity index (χ1) is 20.6. The maximum Gasteiger partial charge on any atom is 0.160 e. The summed E-state index contributed by atoms with van der Waals surface area (Å²) in [6, 6.07) is 44.2. The Morgan fingerprint density at radius 3 is 1.98 bits per heavy atom. The lowest BCUT2D eigenvalue weighted by Crippen LogP contribution is -2.20. The van der Waals surface area contributed by atoms with Gasteiger partial charge in [0.15, 0.2) is 5.82 Å². The first kappa shape index (κ1) is 24.4. The average molecular weight is 541 g/mol. The van der Waals surface area contributed by atoms with Gasteiger partial charge in [0, 0.05) is 44.9 Å². The molecule has 0 bridgehead atoms. The summed E-state index contributed by atoms with van der Waals surface area (Å²) in [5.41, 5.74) is 11.0. The fourth-order valence-corrected chi connectivity index (χ4v) is 6.45. The van der Waals surface area contributed by atoms with Crippen molar-refractivity contribution in [2.45, 2.75) is 19.3 Å². The zero-order chi connectivity index (χ0) is 28.3. The molecule has 4 nitrogen and oxygen atoms in total. The molecule has 0 N–H and O–H groups in total. The Balaban J connectivity index is 1.28. The lowest BCUT2D eigenvalue weighted by Gasteiger charge is -2.24. The van der Waals surface area contributed by atoms with E-state index in [1.165, 1.54) is 33.3 Å². The van der Waals surface area contributed by atoms with E-state index in [0.29, 0.717) is 5.82 Å². The molecule has 8 rings (SSSR count). The second-order valence-corrected chi connectivity index (χ2v) is 11.3. The van der Waals surface area contributed by atoms with Crippen LogP contribution in [0.2, 0.25) is 0 Å². The van der Waals surface area contributed by atoms with Crippen molar-refractivity contribution in [2.24, 2.45) is 0 Å². The maximum atomic E-state index is 5.06. The Kier molecular flexibility index (Phi) is 5.44. The standard InChI is InChI=1S/C38H28N4/c1-38(2)30-19-11-9-17-28(30)35-29-18-10-12-20-33(29)42(36(35)38)34-22-21-27(24-39-34)32-23-31(25-13-5-3-6-14-25)40-37(41-32)26-15-7-4-8-16-26/h3-24H,1-2H3. The van der Waals surface area contributed by atoms with Gasteiger partial charge in [-0.05, 0) is 35.4 Å². The van der Waals surface area contributed by atoms with E-state index in [1.807, 2.05) is 54.7 Å². The van der Waals surface area contributed by atoms with Crippen LogP contribution in [0.4, 0.5) is 0 Å². The third-order valence-corrected chi connectivity index (χ3v) is 8.44. The highest BCUT2D eigenvalue weighted by atomic mass is 15.1.